The van der Waals surface area contributed by atoms with E-state index in [1.165, 1.54) is 0 Å². The standard InChI is InChI=1S/C12H22N2O3/c1-5-14(8(2)3)12(17)13-6-9(4)10(7-13)11(15)16/h8-10H,5-7H2,1-4H3,(H,15,16)/t9-,10-/m1/s1. The maximum Gasteiger partial charge on any atom is 0.320 e. The summed E-state index contributed by atoms with van der Waals surface area (Å²) in [6.07, 6.45) is 0. The molecule has 0 aromatic heterocycles. The van der Waals surface area contributed by atoms with Gasteiger partial charge >= 0.3 is 12.0 Å². The lowest BCUT2D eigenvalue weighted by Crippen LogP contribution is -2.45. The molecule has 1 N–H and O–H groups in total. The molecule has 5 heteroatoms. The van der Waals surface area contributed by atoms with Gasteiger partial charge in [0, 0.05) is 25.7 Å². The molecule has 0 radical (unpaired) electrons. The Morgan fingerprint density at radius 3 is 2.35 bits per heavy atom. The Morgan fingerprint density at radius 1 is 1.41 bits per heavy atom. The number of carboxylic acids is 1. The third kappa shape index (κ3) is 2.90. The first-order valence-electron chi connectivity index (χ1n) is 6.16. The van der Waals surface area contributed by atoms with Crippen LogP contribution in [0, 0.1) is 11.8 Å². The molecule has 0 aromatic rings. The minimum atomic E-state index is -0.805. The predicted molar refractivity (Wildman–Crippen MR) is 64.8 cm³/mol. The van der Waals surface area contributed by atoms with Crippen molar-refractivity contribution in [1.82, 2.24) is 9.80 Å². The van der Waals surface area contributed by atoms with Crippen LogP contribution >= 0.6 is 0 Å². The third-order valence-corrected chi connectivity index (χ3v) is 3.41. The van der Waals surface area contributed by atoms with Crippen molar-refractivity contribution in [3.63, 3.8) is 0 Å². The zero-order valence-corrected chi connectivity index (χ0v) is 11.0. The van der Waals surface area contributed by atoms with Crippen molar-refractivity contribution in [2.75, 3.05) is 19.6 Å². The number of hydrogen-bond donors (Lipinski definition) is 1. The molecule has 1 saturated heterocycles. The van der Waals surface area contributed by atoms with E-state index < -0.39 is 11.9 Å². The summed E-state index contributed by atoms with van der Waals surface area (Å²) in [6.45, 7) is 9.28. The van der Waals surface area contributed by atoms with Gasteiger partial charge in [0.25, 0.3) is 0 Å². The molecular weight excluding hydrogens is 220 g/mol. The van der Waals surface area contributed by atoms with Crippen LogP contribution in [0.2, 0.25) is 0 Å². The van der Waals surface area contributed by atoms with Gasteiger partial charge in [-0.15, -0.1) is 0 Å². The maximum atomic E-state index is 12.2. The van der Waals surface area contributed by atoms with E-state index in [2.05, 4.69) is 0 Å². The quantitative estimate of drug-likeness (QED) is 0.815. The van der Waals surface area contributed by atoms with Crippen LogP contribution in [0.4, 0.5) is 4.79 Å². The number of urea groups is 1. The maximum absolute atomic E-state index is 12.2. The molecular formula is C12H22N2O3. The van der Waals surface area contributed by atoms with E-state index in [-0.39, 0.29) is 18.0 Å². The Balaban J connectivity index is 2.70. The Kier molecular flexibility index (Phi) is 4.37. The highest BCUT2D eigenvalue weighted by Crippen LogP contribution is 2.24. The van der Waals surface area contributed by atoms with Crippen molar-refractivity contribution < 1.29 is 14.7 Å². The molecule has 2 atom stereocenters. The van der Waals surface area contributed by atoms with Crippen LogP contribution in [-0.2, 0) is 4.79 Å². The van der Waals surface area contributed by atoms with E-state index in [1.54, 1.807) is 9.80 Å². The lowest BCUT2D eigenvalue weighted by molar-refractivity contribution is -0.142. The van der Waals surface area contributed by atoms with E-state index in [9.17, 15) is 9.59 Å². The molecule has 0 spiro atoms. The fourth-order valence-electron chi connectivity index (χ4n) is 2.35. The summed E-state index contributed by atoms with van der Waals surface area (Å²) in [5.74, 6) is -1.20. The molecule has 0 saturated carbocycles. The number of nitrogens with zero attached hydrogens (tertiary/aromatic N) is 2. The largest absolute Gasteiger partial charge is 0.481 e. The predicted octanol–water partition coefficient (Wildman–Crippen LogP) is 1.49. The Morgan fingerprint density at radius 2 is 2.00 bits per heavy atom. The van der Waals surface area contributed by atoms with Gasteiger partial charge in [-0.05, 0) is 26.7 Å². The molecule has 98 valence electrons. The molecule has 2 amide bonds. The highest BCUT2D eigenvalue weighted by Gasteiger charge is 2.38. The van der Waals surface area contributed by atoms with Crippen LogP contribution in [0.1, 0.15) is 27.7 Å². The normalized spacial score (nSPS) is 24.2. The van der Waals surface area contributed by atoms with Crippen molar-refractivity contribution in [3.05, 3.63) is 0 Å². The second-order valence-corrected chi connectivity index (χ2v) is 4.99. The molecule has 1 fully saturated rings. The van der Waals surface area contributed by atoms with Crippen LogP contribution < -0.4 is 0 Å². The first-order valence-corrected chi connectivity index (χ1v) is 6.16. The fraction of sp³-hybridized carbons (Fsp3) is 0.833. The van der Waals surface area contributed by atoms with Gasteiger partial charge in [-0.2, -0.15) is 0 Å². The minimum absolute atomic E-state index is 0.0299. The number of aliphatic carboxylic acids is 1. The van der Waals surface area contributed by atoms with Crippen LogP contribution in [0.25, 0.3) is 0 Å². The average Bonchev–Trinajstić information content (AvgIpc) is 2.60. The van der Waals surface area contributed by atoms with Gasteiger partial charge in [0.15, 0.2) is 0 Å². The zero-order valence-electron chi connectivity index (χ0n) is 11.0. The van der Waals surface area contributed by atoms with E-state index in [0.717, 1.165) is 0 Å². The Bertz CT molecular complexity index is 304. The van der Waals surface area contributed by atoms with Crippen molar-refractivity contribution in [3.8, 4) is 0 Å². The molecule has 1 aliphatic heterocycles. The lowest BCUT2D eigenvalue weighted by atomic mass is 9.99. The van der Waals surface area contributed by atoms with Crippen LogP contribution in [0.3, 0.4) is 0 Å². The molecule has 1 rings (SSSR count). The number of carboxylic acid groups (broad SMARTS) is 1. The molecule has 5 nitrogen and oxygen atoms in total. The summed E-state index contributed by atoms with van der Waals surface area (Å²) in [5.41, 5.74) is 0. The summed E-state index contributed by atoms with van der Waals surface area (Å²) in [6, 6.07) is 0.102. The fourth-order valence-corrected chi connectivity index (χ4v) is 2.35. The first kappa shape index (κ1) is 13.8. The van der Waals surface area contributed by atoms with Crippen molar-refractivity contribution in [2.24, 2.45) is 11.8 Å². The summed E-state index contributed by atoms with van der Waals surface area (Å²) in [4.78, 5) is 26.6. The van der Waals surface area contributed by atoms with Crippen molar-refractivity contribution >= 4 is 12.0 Å². The van der Waals surface area contributed by atoms with E-state index in [0.29, 0.717) is 19.6 Å². The topological polar surface area (TPSA) is 60.9 Å². The zero-order chi connectivity index (χ0) is 13.2. The lowest BCUT2D eigenvalue weighted by Gasteiger charge is -2.30. The average molecular weight is 242 g/mol. The number of amides is 2. The first-order chi connectivity index (χ1) is 7.88. The number of likely N-dealkylation sites (tertiary alicyclic amines) is 1. The summed E-state index contributed by atoms with van der Waals surface area (Å²) in [5, 5.41) is 9.04. The highest BCUT2D eigenvalue weighted by atomic mass is 16.4. The van der Waals surface area contributed by atoms with Gasteiger partial charge in [-0.1, -0.05) is 6.92 Å². The summed E-state index contributed by atoms with van der Waals surface area (Å²) in [7, 11) is 0. The second-order valence-electron chi connectivity index (χ2n) is 4.99. The monoisotopic (exact) mass is 242 g/mol. The number of carbonyl (C=O) groups excluding carboxylic acids is 1. The molecule has 0 aromatic carbocycles. The summed E-state index contributed by atoms with van der Waals surface area (Å²) >= 11 is 0. The van der Waals surface area contributed by atoms with E-state index in [4.69, 9.17) is 5.11 Å². The molecule has 0 bridgehead atoms. The number of rotatable bonds is 3. The van der Waals surface area contributed by atoms with Gasteiger partial charge < -0.3 is 14.9 Å². The molecule has 0 unspecified atom stereocenters. The molecule has 1 heterocycles. The second kappa shape index (κ2) is 5.38. The van der Waals surface area contributed by atoms with Gasteiger partial charge in [0.05, 0.1) is 5.92 Å². The smallest absolute Gasteiger partial charge is 0.320 e. The van der Waals surface area contributed by atoms with E-state index in [1.807, 2.05) is 27.7 Å². The molecule has 0 aliphatic carbocycles. The van der Waals surface area contributed by atoms with Gasteiger partial charge in [-0.3, -0.25) is 4.79 Å². The number of carbonyl (C=O) groups is 2. The van der Waals surface area contributed by atoms with Gasteiger partial charge in [-0.25, -0.2) is 4.79 Å². The van der Waals surface area contributed by atoms with Crippen LogP contribution in [-0.4, -0.2) is 52.6 Å². The molecule has 17 heavy (non-hydrogen) atoms. The molecule has 1 aliphatic rings. The van der Waals surface area contributed by atoms with Crippen molar-refractivity contribution in [1.29, 1.82) is 0 Å². The van der Waals surface area contributed by atoms with Crippen molar-refractivity contribution in [2.45, 2.75) is 33.7 Å². The van der Waals surface area contributed by atoms with Crippen LogP contribution in [0.5, 0.6) is 0 Å². The highest BCUT2D eigenvalue weighted by molar-refractivity contribution is 5.78. The Labute approximate surface area is 102 Å². The summed E-state index contributed by atoms with van der Waals surface area (Å²) < 4.78 is 0. The van der Waals surface area contributed by atoms with Gasteiger partial charge in [0.1, 0.15) is 0 Å². The Hall–Kier alpha value is -1.26. The van der Waals surface area contributed by atoms with Gasteiger partial charge in [0.2, 0.25) is 0 Å². The minimum Gasteiger partial charge on any atom is -0.481 e. The van der Waals surface area contributed by atoms with Crippen LogP contribution in [0.15, 0.2) is 0 Å². The third-order valence-electron chi connectivity index (χ3n) is 3.41. The SMILES string of the molecule is CCN(C(=O)N1C[C@@H](C)[C@H](C(=O)O)C1)C(C)C. The number of hydrogen-bond acceptors (Lipinski definition) is 2. The van der Waals surface area contributed by atoms with E-state index >= 15 is 0 Å².